The molecule has 0 radical (unpaired) electrons. The van der Waals surface area contributed by atoms with E-state index in [4.69, 9.17) is 11.6 Å². The lowest BCUT2D eigenvalue weighted by molar-refractivity contribution is -0.130. The van der Waals surface area contributed by atoms with Gasteiger partial charge in [0.1, 0.15) is 0 Å². The summed E-state index contributed by atoms with van der Waals surface area (Å²) in [5.74, 6) is 1.82. The fourth-order valence-electron chi connectivity index (χ4n) is 3.56. The van der Waals surface area contributed by atoms with Crippen LogP contribution in [0.3, 0.4) is 0 Å². The van der Waals surface area contributed by atoms with Gasteiger partial charge >= 0.3 is 0 Å². The van der Waals surface area contributed by atoms with Gasteiger partial charge in [-0.25, -0.2) is 0 Å². The predicted octanol–water partition coefficient (Wildman–Crippen LogP) is 4.20. The molecule has 1 saturated heterocycles. The Hall–Kier alpha value is -1.49. The zero-order valence-electron chi connectivity index (χ0n) is 14.7. The van der Waals surface area contributed by atoms with Crippen molar-refractivity contribution in [1.29, 1.82) is 0 Å². The smallest absolute Gasteiger partial charge is 0.232 e. The fraction of sp³-hybridized carbons (Fsp3) is 0.381. The average molecular weight is 390 g/mol. The molecule has 3 rings (SSSR count). The summed E-state index contributed by atoms with van der Waals surface area (Å²) >= 11 is 7.61. The number of carbonyl (C=O) groups is 1. The standard InChI is InChI=1S/C21H24ClNO2S/c22-19-8-4-5-16(11-19)14-26-15-21(25)23-10-9-20(18(12-23)13-24)17-6-2-1-3-7-17/h1-8,11,18,20,24H,9-10,12-15H2/t18-,20+/m0/s1. The second kappa shape index (κ2) is 9.45. The molecule has 5 heteroatoms. The van der Waals surface area contributed by atoms with Crippen molar-refractivity contribution in [3.05, 3.63) is 70.7 Å². The van der Waals surface area contributed by atoms with Crippen molar-refractivity contribution in [2.24, 2.45) is 5.92 Å². The minimum absolute atomic E-state index is 0.105. The van der Waals surface area contributed by atoms with Crippen molar-refractivity contribution < 1.29 is 9.90 Å². The molecule has 0 spiro atoms. The lowest BCUT2D eigenvalue weighted by Gasteiger charge is -2.38. The molecular formula is C21H24ClNO2S. The van der Waals surface area contributed by atoms with Gasteiger partial charge in [0.15, 0.2) is 0 Å². The summed E-state index contributed by atoms with van der Waals surface area (Å²) in [6.07, 6.45) is 0.903. The van der Waals surface area contributed by atoms with Gasteiger partial charge in [-0.15, -0.1) is 11.8 Å². The summed E-state index contributed by atoms with van der Waals surface area (Å²) < 4.78 is 0. The van der Waals surface area contributed by atoms with Gasteiger partial charge in [0.25, 0.3) is 0 Å². The van der Waals surface area contributed by atoms with E-state index in [0.29, 0.717) is 18.2 Å². The van der Waals surface area contributed by atoms with Crippen LogP contribution >= 0.6 is 23.4 Å². The zero-order valence-corrected chi connectivity index (χ0v) is 16.3. The minimum atomic E-state index is 0.105. The van der Waals surface area contributed by atoms with Gasteiger partial charge in [0.2, 0.25) is 5.91 Å². The summed E-state index contributed by atoms with van der Waals surface area (Å²) in [5, 5.41) is 10.5. The molecule has 2 aromatic rings. The van der Waals surface area contributed by atoms with E-state index < -0.39 is 0 Å². The molecule has 1 aliphatic heterocycles. The molecule has 26 heavy (non-hydrogen) atoms. The molecule has 2 atom stereocenters. The highest BCUT2D eigenvalue weighted by Gasteiger charge is 2.31. The topological polar surface area (TPSA) is 40.5 Å². The van der Waals surface area contributed by atoms with E-state index in [-0.39, 0.29) is 18.4 Å². The summed E-state index contributed by atoms with van der Waals surface area (Å²) in [4.78, 5) is 14.5. The number of hydrogen-bond acceptors (Lipinski definition) is 3. The molecule has 1 amide bonds. The van der Waals surface area contributed by atoms with Gasteiger partial charge in [-0.2, -0.15) is 0 Å². The molecule has 0 aromatic heterocycles. The summed E-state index contributed by atoms with van der Waals surface area (Å²) in [6, 6.07) is 18.1. The van der Waals surface area contributed by atoms with Crippen molar-refractivity contribution in [2.75, 3.05) is 25.4 Å². The van der Waals surface area contributed by atoms with Gasteiger partial charge in [0, 0.05) is 36.4 Å². The van der Waals surface area contributed by atoms with Crippen molar-refractivity contribution >= 4 is 29.3 Å². The Balaban J connectivity index is 1.51. The van der Waals surface area contributed by atoms with E-state index in [1.54, 1.807) is 11.8 Å². The number of likely N-dealkylation sites (tertiary alicyclic amines) is 1. The molecule has 1 N–H and O–H groups in total. The molecule has 1 fully saturated rings. The first-order valence-electron chi connectivity index (χ1n) is 8.93. The van der Waals surface area contributed by atoms with Crippen LogP contribution in [0.5, 0.6) is 0 Å². The number of aliphatic hydroxyl groups excluding tert-OH is 1. The van der Waals surface area contributed by atoms with Crippen LogP contribution in [0.2, 0.25) is 5.02 Å². The number of hydrogen-bond donors (Lipinski definition) is 1. The van der Waals surface area contributed by atoms with Crippen LogP contribution in [-0.2, 0) is 10.5 Å². The van der Waals surface area contributed by atoms with Crippen LogP contribution < -0.4 is 0 Å². The van der Waals surface area contributed by atoms with Crippen LogP contribution in [-0.4, -0.2) is 41.4 Å². The Morgan fingerprint density at radius 1 is 1.19 bits per heavy atom. The van der Waals surface area contributed by atoms with Crippen molar-refractivity contribution in [2.45, 2.75) is 18.1 Å². The molecule has 0 bridgehead atoms. The Bertz CT molecular complexity index is 725. The first-order chi connectivity index (χ1) is 12.7. The molecule has 3 nitrogen and oxygen atoms in total. The Morgan fingerprint density at radius 3 is 2.73 bits per heavy atom. The Labute approximate surface area is 164 Å². The maximum Gasteiger partial charge on any atom is 0.232 e. The molecule has 0 aliphatic carbocycles. The molecular weight excluding hydrogens is 366 g/mol. The van der Waals surface area contributed by atoms with Crippen molar-refractivity contribution in [3.8, 4) is 0 Å². The monoisotopic (exact) mass is 389 g/mol. The van der Waals surface area contributed by atoms with Crippen LogP contribution in [0.15, 0.2) is 54.6 Å². The lowest BCUT2D eigenvalue weighted by atomic mass is 9.81. The third-order valence-electron chi connectivity index (χ3n) is 4.93. The third-order valence-corrected chi connectivity index (χ3v) is 6.16. The lowest BCUT2D eigenvalue weighted by Crippen LogP contribution is -2.45. The van der Waals surface area contributed by atoms with E-state index in [9.17, 15) is 9.90 Å². The molecule has 1 aliphatic rings. The van der Waals surface area contributed by atoms with Crippen LogP contribution in [0.25, 0.3) is 0 Å². The number of halogens is 1. The molecule has 2 aromatic carbocycles. The quantitative estimate of drug-likeness (QED) is 0.804. The van der Waals surface area contributed by atoms with Gasteiger partial charge in [0.05, 0.1) is 5.75 Å². The number of rotatable bonds is 6. The zero-order chi connectivity index (χ0) is 18.4. The SMILES string of the molecule is O=C(CSCc1cccc(Cl)c1)N1CC[C@H](c2ccccc2)[C@H](CO)C1. The highest BCUT2D eigenvalue weighted by Crippen LogP contribution is 2.33. The van der Waals surface area contributed by atoms with Crippen molar-refractivity contribution in [3.63, 3.8) is 0 Å². The number of amides is 1. The normalized spacial score (nSPS) is 20.2. The average Bonchev–Trinajstić information content (AvgIpc) is 2.68. The second-order valence-corrected chi connectivity index (χ2v) is 8.13. The molecule has 138 valence electrons. The summed E-state index contributed by atoms with van der Waals surface area (Å²) in [6.45, 7) is 1.50. The summed E-state index contributed by atoms with van der Waals surface area (Å²) in [7, 11) is 0. The largest absolute Gasteiger partial charge is 0.396 e. The summed E-state index contributed by atoms with van der Waals surface area (Å²) in [5.41, 5.74) is 2.39. The van der Waals surface area contributed by atoms with Gasteiger partial charge < -0.3 is 10.0 Å². The molecule has 0 saturated carbocycles. The van der Waals surface area contributed by atoms with E-state index >= 15 is 0 Å². The fourth-order valence-corrected chi connectivity index (χ4v) is 4.64. The number of carbonyl (C=O) groups excluding carboxylic acids is 1. The van der Waals surface area contributed by atoms with Gasteiger partial charge in [-0.05, 0) is 35.6 Å². The highest BCUT2D eigenvalue weighted by atomic mass is 35.5. The van der Waals surface area contributed by atoms with E-state index in [2.05, 4.69) is 12.1 Å². The Kier molecular flexibility index (Phi) is 7.00. The molecule has 1 heterocycles. The van der Waals surface area contributed by atoms with Crippen molar-refractivity contribution in [1.82, 2.24) is 4.90 Å². The van der Waals surface area contributed by atoms with Gasteiger partial charge in [-0.3, -0.25) is 4.79 Å². The van der Waals surface area contributed by atoms with Gasteiger partial charge in [-0.1, -0.05) is 54.1 Å². The van der Waals surface area contributed by atoms with Crippen LogP contribution in [0, 0.1) is 5.92 Å². The first kappa shape index (κ1) is 19.3. The van der Waals surface area contributed by atoms with E-state index in [1.807, 2.05) is 47.4 Å². The maximum atomic E-state index is 12.6. The number of thioether (sulfide) groups is 1. The predicted molar refractivity (Wildman–Crippen MR) is 109 cm³/mol. The second-order valence-electron chi connectivity index (χ2n) is 6.71. The Morgan fingerprint density at radius 2 is 2.00 bits per heavy atom. The van der Waals surface area contributed by atoms with E-state index in [0.717, 1.165) is 29.3 Å². The molecule has 0 unspecified atom stereocenters. The van der Waals surface area contributed by atoms with Crippen LogP contribution in [0.4, 0.5) is 0 Å². The number of aliphatic hydroxyl groups is 1. The number of benzene rings is 2. The third kappa shape index (κ3) is 5.03. The number of nitrogens with zero attached hydrogens (tertiary/aromatic N) is 1. The maximum absolute atomic E-state index is 12.6. The van der Waals surface area contributed by atoms with Crippen LogP contribution in [0.1, 0.15) is 23.5 Å². The first-order valence-corrected chi connectivity index (χ1v) is 10.5. The number of piperidine rings is 1. The van der Waals surface area contributed by atoms with E-state index in [1.165, 1.54) is 5.56 Å². The minimum Gasteiger partial charge on any atom is -0.396 e. The highest BCUT2D eigenvalue weighted by molar-refractivity contribution is 7.99.